The molecule has 1 atom stereocenters. The van der Waals surface area contributed by atoms with E-state index in [0.29, 0.717) is 6.42 Å². The molecule has 0 radical (unpaired) electrons. The van der Waals surface area contributed by atoms with Crippen molar-refractivity contribution in [1.29, 1.82) is 0 Å². The van der Waals surface area contributed by atoms with E-state index in [1.165, 1.54) is 0 Å². The van der Waals surface area contributed by atoms with Gasteiger partial charge in [0.25, 0.3) is 0 Å². The zero-order chi connectivity index (χ0) is 10.5. The van der Waals surface area contributed by atoms with Gasteiger partial charge in [0, 0.05) is 0 Å². The van der Waals surface area contributed by atoms with E-state index >= 15 is 0 Å². The second-order valence-corrected chi connectivity index (χ2v) is 2.94. The third-order valence-electron chi connectivity index (χ3n) is 1.77. The monoisotopic (exact) mass is 198 g/mol. The fourth-order valence-corrected chi connectivity index (χ4v) is 0.639. The zero-order valence-electron chi connectivity index (χ0n) is 7.65. The number of hydrogen-bond donors (Lipinski definition) is 0. The van der Waals surface area contributed by atoms with Gasteiger partial charge in [-0.2, -0.15) is 13.2 Å². The molecule has 0 aliphatic heterocycles. The Hall–Kier alpha value is -0.740. The number of alkyl halides is 3. The van der Waals surface area contributed by atoms with Crippen LogP contribution in [0.25, 0.3) is 0 Å². The average Bonchev–Trinajstić information content (AvgIpc) is 2.02. The molecule has 0 aromatic rings. The summed E-state index contributed by atoms with van der Waals surface area (Å²) in [4.78, 5) is 10.2. The third-order valence-corrected chi connectivity index (χ3v) is 1.77. The van der Waals surface area contributed by atoms with Gasteiger partial charge < -0.3 is 4.74 Å². The van der Waals surface area contributed by atoms with Gasteiger partial charge in [0.05, 0.1) is 6.61 Å². The van der Waals surface area contributed by atoms with Crippen LogP contribution in [0.3, 0.4) is 0 Å². The maximum absolute atomic E-state index is 11.6. The van der Waals surface area contributed by atoms with Gasteiger partial charge >= 0.3 is 12.1 Å². The summed E-state index contributed by atoms with van der Waals surface area (Å²) in [6.45, 7) is 3.66. The molecule has 0 heterocycles. The molecule has 0 spiro atoms. The molecule has 0 bridgehead atoms. The molecule has 0 amide bonds. The standard InChI is InChI=1S/C8H13F3O2/c1-3-6(2)4-5-13-7(12)8(9,10)11/h6H,3-5H2,1-2H3. The van der Waals surface area contributed by atoms with Gasteiger partial charge in [0.1, 0.15) is 0 Å². The second-order valence-electron chi connectivity index (χ2n) is 2.94. The van der Waals surface area contributed by atoms with E-state index in [4.69, 9.17) is 0 Å². The van der Waals surface area contributed by atoms with Crippen molar-refractivity contribution in [2.45, 2.75) is 32.9 Å². The van der Waals surface area contributed by atoms with Crippen LogP contribution in [0.1, 0.15) is 26.7 Å². The molecule has 0 aromatic heterocycles. The number of halogens is 3. The summed E-state index contributed by atoms with van der Waals surface area (Å²) in [7, 11) is 0. The highest BCUT2D eigenvalue weighted by Crippen LogP contribution is 2.17. The molecule has 5 heteroatoms. The van der Waals surface area contributed by atoms with Crippen LogP contribution in [0.5, 0.6) is 0 Å². The molecular weight excluding hydrogens is 185 g/mol. The van der Waals surface area contributed by atoms with Crippen LogP contribution < -0.4 is 0 Å². The van der Waals surface area contributed by atoms with Crippen molar-refractivity contribution in [3.63, 3.8) is 0 Å². The quantitative estimate of drug-likeness (QED) is 0.649. The molecule has 2 nitrogen and oxygen atoms in total. The van der Waals surface area contributed by atoms with Gasteiger partial charge in [0.2, 0.25) is 0 Å². The summed E-state index contributed by atoms with van der Waals surface area (Å²) >= 11 is 0. The van der Waals surface area contributed by atoms with E-state index in [0.717, 1.165) is 6.42 Å². The van der Waals surface area contributed by atoms with Crippen LogP contribution in [-0.2, 0) is 9.53 Å². The van der Waals surface area contributed by atoms with Crippen molar-refractivity contribution >= 4 is 5.97 Å². The van der Waals surface area contributed by atoms with Crippen molar-refractivity contribution < 1.29 is 22.7 Å². The van der Waals surface area contributed by atoms with Crippen LogP contribution in [0.15, 0.2) is 0 Å². The Balaban J connectivity index is 3.60. The first-order chi connectivity index (χ1) is 5.88. The molecule has 1 unspecified atom stereocenters. The molecular formula is C8H13F3O2. The van der Waals surface area contributed by atoms with Crippen LogP contribution in [0.4, 0.5) is 13.2 Å². The summed E-state index contributed by atoms with van der Waals surface area (Å²) in [6.07, 6.45) is -3.53. The van der Waals surface area contributed by atoms with Crippen LogP contribution in [-0.4, -0.2) is 18.8 Å². The Morgan fingerprint density at radius 1 is 1.46 bits per heavy atom. The van der Waals surface area contributed by atoms with Crippen molar-refractivity contribution in [3.8, 4) is 0 Å². The molecule has 0 aromatic carbocycles. The second kappa shape index (κ2) is 5.09. The van der Waals surface area contributed by atoms with E-state index < -0.39 is 12.1 Å². The minimum absolute atomic E-state index is 0.159. The Morgan fingerprint density at radius 3 is 2.38 bits per heavy atom. The highest BCUT2D eigenvalue weighted by atomic mass is 19.4. The minimum Gasteiger partial charge on any atom is -0.459 e. The number of rotatable bonds is 4. The molecule has 13 heavy (non-hydrogen) atoms. The van der Waals surface area contributed by atoms with E-state index in [9.17, 15) is 18.0 Å². The van der Waals surface area contributed by atoms with Gasteiger partial charge in [0.15, 0.2) is 0 Å². The summed E-state index contributed by atoms with van der Waals surface area (Å²) in [5.74, 6) is -1.82. The Labute approximate surface area is 75.1 Å². The lowest BCUT2D eigenvalue weighted by Crippen LogP contribution is -2.26. The van der Waals surface area contributed by atoms with Gasteiger partial charge in [-0.05, 0) is 12.3 Å². The van der Waals surface area contributed by atoms with Crippen LogP contribution in [0, 0.1) is 5.92 Å². The lowest BCUT2D eigenvalue weighted by atomic mass is 10.1. The Kier molecular flexibility index (Phi) is 4.80. The predicted octanol–water partition coefficient (Wildman–Crippen LogP) is 2.53. The molecule has 0 aliphatic rings. The fourth-order valence-electron chi connectivity index (χ4n) is 0.639. The average molecular weight is 198 g/mol. The van der Waals surface area contributed by atoms with E-state index in [1.807, 2.05) is 13.8 Å². The fraction of sp³-hybridized carbons (Fsp3) is 0.875. The lowest BCUT2D eigenvalue weighted by molar-refractivity contribution is -0.199. The van der Waals surface area contributed by atoms with Gasteiger partial charge in [-0.1, -0.05) is 20.3 Å². The van der Waals surface area contributed by atoms with Crippen LogP contribution >= 0.6 is 0 Å². The molecule has 0 rings (SSSR count). The molecule has 0 aliphatic carbocycles. The summed E-state index contributed by atoms with van der Waals surface area (Å²) < 4.78 is 38.8. The number of ether oxygens (including phenoxy) is 1. The summed E-state index contributed by atoms with van der Waals surface area (Å²) in [6, 6.07) is 0. The number of hydrogen-bond acceptors (Lipinski definition) is 2. The van der Waals surface area contributed by atoms with Crippen LogP contribution in [0.2, 0.25) is 0 Å². The first kappa shape index (κ1) is 12.3. The first-order valence-corrected chi connectivity index (χ1v) is 4.11. The van der Waals surface area contributed by atoms with E-state index in [-0.39, 0.29) is 12.5 Å². The van der Waals surface area contributed by atoms with Crippen molar-refractivity contribution in [2.75, 3.05) is 6.61 Å². The Morgan fingerprint density at radius 2 is 2.00 bits per heavy atom. The van der Waals surface area contributed by atoms with Gasteiger partial charge in [-0.3, -0.25) is 0 Å². The predicted molar refractivity (Wildman–Crippen MR) is 41.1 cm³/mol. The normalized spacial score (nSPS) is 13.9. The third kappa shape index (κ3) is 5.49. The summed E-state index contributed by atoms with van der Waals surface area (Å²) in [5.41, 5.74) is 0. The largest absolute Gasteiger partial charge is 0.490 e. The van der Waals surface area contributed by atoms with Crippen molar-refractivity contribution in [1.82, 2.24) is 0 Å². The molecule has 78 valence electrons. The minimum atomic E-state index is -4.87. The maximum atomic E-state index is 11.6. The molecule has 0 fully saturated rings. The maximum Gasteiger partial charge on any atom is 0.490 e. The number of esters is 1. The number of carbonyl (C=O) groups excluding carboxylic acids is 1. The topological polar surface area (TPSA) is 26.3 Å². The first-order valence-electron chi connectivity index (χ1n) is 4.11. The van der Waals surface area contributed by atoms with Crippen molar-refractivity contribution in [2.24, 2.45) is 5.92 Å². The zero-order valence-corrected chi connectivity index (χ0v) is 7.65. The van der Waals surface area contributed by atoms with E-state index in [1.54, 1.807) is 0 Å². The molecule has 0 saturated carbocycles. The van der Waals surface area contributed by atoms with E-state index in [2.05, 4.69) is 4.74 Å². The number of carbonyl (C=O) groups is 1. The van der Waals surface area contributed by atoms with Gasteiger partial charge in [-0.15, -0.1) is 0 Å². The summed E-state index contributed by atoms with van der Waals surface area (Å²) in [5, 5.41) is 0. The highest BCUT2D eigenvalue weighted by molar-refractivity contribution is 5.75. The highest BCUT2D eigenvalue weighted by Gasteiger charge is 2.40. The molecule has 0 saturated heterocycles. The smallest absolute Gasteiger partial charge is 0.459 e. The lowest BCUT2D eigenvalue weighted by Gasteiger charge is -2.09. The molecule has 0 N–H and O–H groups in total. The SMILES string of the molecule is CCC(C)CCOC(=O)C(F)(F)F. The Bertz CT molecular complexity index is 165. The van der Waals surface area contributed by atoms with Gasteiger partial charge in [-0.25, -0.2) is 4.79 Å². The van der Waals surface area contributed by atoms with Crippen molar-refractivity contribution in [3.05, 3.63) is 0 Å².